The number of benzene rings is 3. The Kier molecular flexibility index (Phi) is 4.28. The molecule has 25 heavy (non-hydrogen) atoms. The molecule has 0 heteroatoms. The molecule has 0 heterocycles. The van der Waals surface area contributed by atoms with Crippen molar-refractivity contribution in [2.75, 3.05) is 0 Å². The van der Waals surface area contributed by atoms with Crippen molar-refractivity contribution in [1.82, 2.24) is 0 Å². The molecule has 0 saturated carbocycles. The monoisotopic (exact) mass is 324 g/mol. The van der Waals surface area contributed by atoms with Crippen molar-refractivity contribution < 1.29 is 0 Å². The highest BCUT2D eigenvalue weighted by atomic mass is 14.2. The molecule has 0 nitrogen and oxygen atoms in total. The lowest BCUT2D eigenvalue weighted by Crippen LogP contribution is -1.93. The maximum absolute atomic E-state index is 2.45. The van der Waals surface area contributed by atoms with Crippen LogP contribution in [0, 0.1) is 5.92 Å². The third kappa shape index (κ3) is 3.17. The van der Waals surface area contributed by atoms with Gasteiger partial charge in [0.2, 0.25) is 0 Å². The fourth-order valence-corrected chi connectivity index (χ4v) is 3.91. The molecular weight excluding hydrogens is 300 g/mol. The first-order chi connectivity index (χ1) is 12.2. The molecule has 4 rings (SSSR count). The predicted molar refractivity (Wildman–Crippen MR) is 108 cm³/mol. The van der Waals surface area contributed by atoms with Crippen LogP contribution in [0.5, 0.6) is 0 Å². The van der Waals surface area contributed by atoms with E-state index in [0.29, 0.717) is 5.92 Å². The summed E-state index contributed by atoms with van der Waals surface area (Å²) < 4.78 is 0. The van der Waals surface area contributed by atoms with Gasteiger partial charge in [0.1, 0.15) is 0 Å². The van der Waals surface area contributed by atoms with E-state index in [1.807, 2.05) is 0 Å². The van der Waals surface area contributed by atoms with E-state index in [0.717, 1.165) is 6.42 Å². The summed E-state index contributed by atoms with van der Waals surface area (Å²) in [6, 6.07) is 26.2. The van der Waals surface area contributed by atoms with Gasteiger partial charge in [-0.15, -0.1) is 0 Å². The maximum atomic E-state index is 2.45. The molecule has 0 radical (unpaired) electrons. The van der Waals surface area contributed by atoms with Crippen LogP contribution in [0.4, 0.5) is 0 Å². The van der Waals surface area contributed by atoms with Crippen molar-refractivity contribution in [3.63, 3.8) is 0 Å². The fourth-order valence-electron chi connectivity index (χ4n) is 3.91. The zero-order valence-electron chi connectivity index (χ0n) is 15.0. The molecule has 0 bridgehead atoms. The summed E-state index contributed by atoms with van der Waals surface area (Å²) in [7, 11) is 0. The van der Waals surface area contributed by atoms with Crippen LogP contribution in [-0.4, -0.2) is 0 Å². The van der Waals surface area contributed by atoms with Gasteiger partial charge in [-0.05, 0) is 52.1 Å². The lowest BCUT2D eigenvalue weighted by molar-refractivity contribution is 0.638. The minimum absolute atomic E-state index is 0.703. The maximum Gasteiger partial charge on any atom is -0.00300 e. The average molecular weight is 324 g/mol. The second-order valence-corrected chi connectivity index (χ2v) is 7.37. The van der Waals surface area contributed by atoms with E-state index < -0.39 is 0 Å². The van der Waals surface area contributed by atoms with Crippen molar-refractivity contribution in [2.24, 2.45) is 5.92 Å². The minimum atomic E-state index is 0.703. The molecule has 0 aromatic heterocycles. The van der Waals surface area contributed by atoms with Crippen LogP contribution in [0.15, 0.2) is 78.4 Å². The van der Waals surface area contributed by atoms with E-state index in [-0.39, 0.29) is 0 Å². The Morgan fingerprint density at radius 2 is 1.40 bits per heavy atom. The summed E-state index contributed by atoms with van der Waals surface area (Å²) in [5, 5.41) is 0. The Hall–Kier alpha value is -2.60. The molecule has 0 amide bonds. The number of hydrogen-bond acceptors (Lipinski definition) is 0. The lowest BCUT2D eigenvalue weighted by atomic mass is 9.89. The Bertz CT molecular complexity index is 900. The molecule has 1 aliphatic rings. The molecular formula is C25H24. The van der Waals surface area contributed by atoms with E-state index in [4.69, 9.17) is 0 Å². The molecule has 0 unspecified atom stereocenters. The summed E-state index contributed by atoms with van der Waals surface area (Å²) in [5.74, 6) is 0.703. The van der Waals surface area contributed by atoms with Gasteiger partial charge < -0.3 is 0 Å². The Balaban J connectivity index is 1.92. The lowest BCUT2D eigenvalue weighted by Gasteiger charge is -2.15. The number of hydrogen-bond donors (Lipinski definition) is 0. The van der Waals surface area contributed by atoms with E-state index >= 15 is 0 Å². The van der Waals surface area contributed by atoms with Crippen molar-refractivity contribution in [3.8, 4) is 22.3 Å². The summed E-state index contributed by atoms with van der Waals surface area (Å²) in [5.41, 5.74) is 9.75. The minimum Gasteiger partial charge on any atom is -0.0649 e. The third-order valence-corrected chi connectivity index (χ3v) is 4.92. The summed E-state index contributed by atoms with van der Waals surface area (Å²) in [6.07, 6.45) is 4.73. The molecule has 0 fully saturated rings. The zero-order chi connectivity index (χ0) is 17.2. The largest absolute Gasteiger partial charge is 0.0649 e. The molecule has 3 aromatic rings. The van der Waals surface area contributed by atoms with Crippen LogP contribution in [0.2, 0.25) is 0 Å². The van der Waals surface area contributed by atoms with Gasteiger partial charge in [0, 0.05) is 0 Å². The zero-order valence-corrected chi connectivity index (χ0v) is 15.0. The van der Waals surface area contributed by atoms with E-state index in [1.54, 1.807) is 5.57 Å². The Morgan fingerprint density at radius 1 is 0.760 bits per heavy atom. The quantitative estimate of drug-likeness (QED) is 0.484. The van der Waals surface area contributed by atoms with Crippen LogP contribution in [0.25, 0.3) is 28.3 Å². The molecule has 0 N–H and O–H groups in total. The normalized spacial score (nSPS) is 13.0. The highest BCUT2D eigenvalue weighted by Gasteiger charge is 2.20. The summed E-state index contributed by atoms with van der Waals surface area (Å²) in [6.45, 7) is 4.61. The summed E-state index contributed by atoms with van der Waals surface area (Å²) >= 11 is 0. The SMILES string of the molecule is CC(C)CC1=Cc2c(ccc(-c3ccccc3)c2-c2ccccc2)C1. The topological polar surface area (TPSA) is 0 Å². The fraction of sp³-hybridized carbons (Fsp3) is 0.200. The highest BCUT2D eigenvalue weighted by molar-refractivity contribution is 5.92. The average Bonchev–Trinajstić information content (AvgIpc) is 3.04. The first-order valence-electron chi connectivity index (χ1n) is 9.18. The third-order valence-electron chi connectivity index (χ3n) is 4.92. The van der Waals surface area contributed by atoms with Crippen molar-refractivity contribution >= 4 is 6.08 Å². The highest BCUT2D eigenvalue weighted by Crippen LogP contribution is 2.41. The van der Waals surface area contributed by atoms with Crippen LogP contribution < -0.4 is 0 Å². The van der Waals surface area contributed by atoms with Gasteiger partial charge in [0.05, 0.1) is 0 Å². The van der Waals surface area contributed by atoms with E-state index in [1.165, 1.54) is 39.8 Å². The first-order valence-corrected chi connectivity index (χ1v) is 9.18. The van der Waals surface area contributed by atoms with Gasteiger partial charge in [-0.1, -0.05) is 98.3 Å². The molecule has 0 spiro atoms. The smallest absolute Gasteiger partial charge is 0.00300 e. The molecule has 0 atom stereocenters. The van der Waals surface area contributed by atoms with Crippen LogP contribution >= 0.6 is 0 Å². The van der Waals surface area contributed by atoms with Crippen LogP contribution in [0.1, 0.15) is 31.4 Å². The van der Waals surface area contributed by atoms with Crippen LogP contribution in [-0.2, 0) is 6.42 Å². The first kappa shape index (κ1) is 15.9. The van der Waals surface area contributed by atoms with Gasteiger partial charge in [0.15, 0.2) is 0 Å². The second-order valence-electron chi connectivity index (χ2n) is 7.37. The number of fused-ring (bicyclic) bond motifs is 1. The van der Waals surface area contributed by atoms with Gasteiger partial charge in [-0.25, -0.2) is 0 Å². The molecule has 0 aliphatic heterocycles. The Labute approximate surface area is 150 Å². The Morgan fingerprint density at radius 3 is 2.04 bits per heavy atom. The standard InChI is InChI=1S/C25H24/c1-18(2)15-19-16-22-13-14-23(20-9-5-3-6-10-20)25(24(22)17-19)21-11-7-4-8-12-21/h3-14,17-18H,15-16H2,1-2H3. The molecule has 0 saturated heterocycles. The second kappa shape index (κ2) is 6.72. The number of rotatable bonds is 4. The van der Waals surface area contributed by atoms with Gasteiger partial charge in [-0.3, -0.25) is 0 Å². The number of allylic oxidation sites excluding steroid dienone is 1. The molecule has 3 aromatic carbocycles. The summed E-state index contributed by atoms with van der Waals surface area (Å²) in [4.78, 5) is 0. The molecule has 124 valence electrons. The van der Waals surface area contributed by atoms with E-state index in [2.05, 4.69) is 92.7 Å². The van der Waals surface area contributed by atoms with E-state index in [9.17, 15) is 0 Å². The van der Waals surface area contributed by atoms with Crippen LogP contribution in [0.3, 0.4) is 0 Å². The predicted octanol–water partition coefficient (Wildman–Crippen LogP) is 7.01. The van der Waals surface area contributed by atoms with Crippen molar-refractivity contribution in [1.29, 1.82) is 0 Å². The van der Waals surface area contributed by atoms with Gasteiger partial charge in [-0.2, -0.15) is 0 Å². The van der Waals surface area contributed by atoms with Crippen molar-refractivity contribution in [3.05, 3.63) is 89.5 Å². The van der Waals surface area contributed by atoms with Crippen molar-refractivity contribution in [2.45, 2.75) is 26.7 Å². The molecule has 1 aliphatic carbocycles. The van der Waals surface area contributed by atoms with Gasteiger partial charge >= 0.3 is 0 Å². The van der Waals surface area contributed by atoms with Gasteiger partial charge in [0.25, 0.3) is 0 Å².